The van der Waals surface area contributed by atoms with Gasteiger partial charge in [-0.1, -0.05) is 0 Å². The SMILES string of the molecule is CC(C)Oc1c(Br)ccnc1N. The number of hydrogen-bond acceptors (Lipinski definition) is 3. The van der Waals surface area contributed by atoms with Crippen LogP contribution in [0.5, 0.6) is 5.75 Å². The Hall–Kier alpha value is -0.770. The average Bonchev–Trinajstić information content (AvgIpc) is 1.97. The number of ether oxygens (including phenoxy) is 1. The van der Waals surface area contributed by atoms with Crippen molar-refractivity contribution in [1.82, 2.24) is 4.98 Å². The van der Waals surface area contributed by atoms with Crippen LogP contribution < -0.4 is 10.5 Å². The Labute approximate surface area is 80.1 Å². The van der Waals surface area contributed by atoms with Crippen LogP contribution >= 0.6 is 15.9 Å². The van der Waals surface area contributed by atoms with Crippen LogP contribution in [0.3, 0.4) is 0 Å². The van der Waals surface area contributed by atoms with Crippen LogP contribution in [0.15, 0.2) is 16.7 Å². The summed E-state index contributed by atoms with van der Waals surface area (Å²) in [6.45, 7) is 3.89. The van der Waals surface area contributed by atoms with E-state index in [9.17, 15) is 0 Å². The molecule has 0 aliphatic carbocycles. The number of aromatic nitrogens is 1. The molecule has 0 saturated carbocycles. The first-order valence-electron chi connectivity index (χ1n) is 3.68. The summed E-state index contributed by atoms with van der Waals surface area (Å²) < 4.78 is 6.28. The zero-order chi connectivity index (χ0) is 9.14. The predicted molar refractivity (Wildman–Crippen MR) is 52.1 cm³/mol. The van der Waals surface area contributed by atoms with Gasteiger partial charge in [-0.3, -0.25) is 0 Å². The first-order valence-corrected chi connectivity index (χ1v) is 4.47. The largest absolute Gasteiger partial charge is 0.486 e. The summed E-state index contributed by atoms with van der Waals surface area (Å²) >= 11 is 3.33. The fraction of sp³-hybridized carbons (Fsp3) is 0.375. The Bertz CT molecular complexity index is 256. The van der Waals surface area contributed by atoms with Gasteiger partial charge in [0, 0.05) is 6.20 Å². The molecule has 0 aliphatic heterocycles. The average molecular weight is 231 g/mol. The van der Waals surface area contributed by atoms with E-state index in [1.165, 1.54) is 0 Å². The van der Waals surface area contributed by atoms with Crippen LogP contribution in [0.25, 0.3) is 0 Å². The number of nitrogen functional groups attached to an aromatic ring is 1. The molecule has 2 N–H and O–H groups in total. The minimum Gasteiger partial charge on any atom is -0.486 e. The third-order valence-electron chi connectivity index (χ3n) is 1.24. The first-order chi connectivity index (χ1) is 5.61. The number of pyridine rings is 1. The highest BCUT2D eigenvalue weighted by atomic mass is 79.9. The van der Waals surface area contributed by atoms with Crippen molar-refractivity contribution in [3.05, 3.63) is 16.7 Å². The summed E-state index contributed by atoms with van der Waals surface area (Å²) in [6, 6.07) is 1.80. The number of nitrogens with two attached hydrogens (primary N) is 1. The van der Waals surface area contributed by atoms with Crippen LogP contribution in [-0.4, -0.2) is 11.1 Å². The maximum Gasteiger partial charge on any atom is 0.175 e. The van der Waals surface area contributed by atoms with Crippen molar-refractivity contribution >= 4 is 21.7 Å². The molecule has 0 atom stereocenters. The van der Waals surface area contributed by atoms with Gasteiger partial charge < -0.3 is 10.5 Å². The summed E-state index contributed by atoms with van der Waals surface area (Å²) in [5, 5.41) is 0. The molecule has 1 rings (SSSR count). The van der Waals surface area contributed by atoms with Gasteiger partial charge in [-0.25, -0.2) is 4.98 Å². The van der Waals surface area contributed by atoms with E-state index < -0.39 is 0 Å². The molecular formula is C8H11BrN2O. The number of rotatable bonds is 2. The predicted octanol–water partition coefficient (Wildman–Crippen LogP) is 2.21. The van der Waals surface area contributed by atoms with Gasteiger partial charge in [-0.15, -0.1) is 0 Å². The molecule has 4 heteroatoms. The lowest BCUT2D eigenvalue weighted by atomic mass is 10.4. The number of hydrogen-bond donors (Lipinski definition) is 1. The standard InChI is InChI=1S/C8H11BrN2O/c1-5(2)12-7-6(9)3-4-11-8(7)10/h3-5H,1-2H3,(H2,10,11). The van der Waals surface area contributed by atoms with E-state index >= 15 is 0 Å². The lowest BCUT2D eigenvalue weighted by molar-refractivity contribution is 0.241. The van der Waals surface area contributed by atoms with Crippen LogP contribution in [0.4, 0.5) is 5.82 Å². The Morgan fingerprint density at radius 3 is 2.75 bits per heavy atom. The normalized spacial score (nSPS) is 10.3. The highest BCUT2D eigenvalue weighted by molar-refractivity contribution is 9.10. The lowest BCUT2D eigenvalue weighted by Crippen LogP contribution is -2.08. The van der Waals surface area contributed by atoms with E-state index in [1.807, 2.05) is 13.8 Å². The van der Waals surface area contributed by atoms with Gasteiger partial charge in [0.05, 0.1) is 10.6 Å². The number of nitrogens with zero attached hydrogens (tertiary/aromatic N) is 1. The van der Waals surface area contributed by atoms with Gasteiger partial charge in [-0.05, 0) is 35.8 Å². The molecule has 0 amide bonds. The first kappa shape index (κ1) is 9.32. The van der Waals surface area contributed by atoms with Crippen molar-refractivity contribution in [3.63, 3.8) is 0 Å². The van der Waals surface area contributed by atoms with Crippen molar-refractivity contribution in [1.29, 1.82) is 0 Å². The molecular weight excluding hydrogens is 220 g/mol. The summed E-state index contributed by atoms with van der Waals surface area (Å²) in [6.07, 6.45) is 1.74. The van der Waals surface area contributed by atoms with Gasteiger partial charge >= 0.3 is 0 Å². The molecule has 0 radical (unpaired) electrons. The Kier molecular flexibility index (Phi) is 2.92. The summed E-state index contributed by atoms with van der Waals surface area (Å²) in [5.74, 6) is 1.03. The monoisotopic (exact) mass is 230 g/mol. The molecule has 0 saturated heterocycles. The second-order valence-corrected chi connectivity index (χ2v) is 3.53. The molecule has 12 heavy (non-hydrogen) atoms. The van der Waals surface area contributed by atoms with Crippen molar-refractivity contribution in [3.8, 4) is 5.75 Å². The minimum absolute atomic E-state index is 0.104. The molecule has 0 spiro atoms. The maximum absolute atomic E-state index is 5.60. The van der Waals surface area contributed by atoms with Crippen molar-refractivity contribution < 1.29 is 4.74 Å². The molecule has 1 aromatic rings. The summed E-state index contributed by atoms with van der Waals surface area (Å²) in [4.78, 5) is 3.92. The van der Waals surface area contributed by atoms with E-state index in [0.717, 1.165) is 4.47 Å². The third-order valence-corrected chi connectivity index (χ3v) is 1.86. The minimum atomic E-state index is 0.104. The molecule has 1 heterocycles. The van der Waals surface area contributed by atoms with Crippen LogP contribution in [0, 0.1) is 0 Å². The highest BCUT2D eigenvalue weighted by Gasteiger charge is 2.07. The summed E-state index contributed by atoms with van der Waals surface area (Å²) in [7, 11) is 0. The van der Waals surface area contributed by atoms with Gasteiger partial charge in [0.2, 0.25) is 0 Å². The van der Waals surface area contributed by atoms with E-state index in [1.54, 1.807) is 12.3 Å². The number of halogens is 1. The Balaban J connectivity index is 2.96. The molecule has 0 aliphatic rings. The van der Waals surface area contributed by atoms with Gasteiger partial charge in [0.25, 0.3) is 0 Å². The lowest BCUT2D eigenvalue weighted by Gasteiger charge is -2.12. The van der Waals surface area contributed by atoms with Gasteiger partial charge in [-0.2, -0.15) is 0 Å². The van der Waals surface area contributed by atoms with Gasteiger partial charge in [0.15, 0.2) is 11.6 Å². The molecule has 3 nitrogen and oxygen atoms in total. The molecule has 0 bridgehead atoms. The Morgan fingerprint density at radius 1 is 1.58 bits per heavy atom. The van der Waals surface area contributed by atoms with Crippen LogP contribution in [0.2, 0.25) is 0 Å². The summed E-state index contributed by atoms with van der Waals surface area (Å²) in [5.41, 5.74) is 5.60. The third kappa shape index (κ3) is 2.11. The van der Waals surface area contributed by atoms with E-state index in [2.05, 4.69) is 20.9 Å². The zero-order valence-corrected chi connectivity index (χ0v) is 8.63. The number of anilines is 1. The maximum atomic E-state index is 5.60. The van der Waals surface area contributed by atoms with E-state index in [0.29, 0.717) is 11.6 Å². The quantitative estimate of drug-likeness (QED) is 0.848. The van der Waals surface area contributed by atoms with Gasteiger partial charge in [0.1, 0.15) is 0 Å². The topological polar surface area (TPSA) is 48.1 Å². The fourth-order valence-electron chi connectivity index (χ4n) is 0.792. The van der Waals surface area contributed by atoms with Crippen LogP contribution in [-0.2, 0) is 0 Å². The van der Waals surface area contributed by atoms with E-state index in [-0.39, 0.29) is 6.10 Å². The molecule has 66 valence electrons. The zero-order valence-electron chi connectivity index (χ0n) is 7.04. The fourth-order valence-corrected chi connectivity index (χ4v) is 1.21. The van der Waals surface area contributed by atoms with E-state index in [4.69, 9.17) is 10.5 Å². The molecule has 0 fully saturated rings. The second kappa shape index (κ2) is 3.76. The smallest absolute Gasteiger partial charge is 0.175 e. The molecule has 0 unspecified atom stereocenters. The Morgan fingerprint density at radius 2 is 2.25 bits per heavy atom. The van der Waals surface area contributed by atoms with Crippen LogP contribution in [0.1, 0.15) is 13.8 Å². The van der Waals surface area contributed by atoms with Crippen molar-refractivity contribution in [2.75, 3.05) is 5.73 Å². The molecule has 0 aromatic carbocycles. The molecule has 1 aromatic heterocycles. The van der Waals surface area contributed by atoms with Crippen molar-refractivity contribution in [2.45, 2.75) is 20.0 Å². The highest BCUT2D eigenvalue weighted by Crippen LogP contribution is 2.29. The second-order valence-electron chi connectivity index (χ2n) is 2.67. The van der Waals surface area contributed by atoms with Crippen molar-refractivity contribution in [2.24, 2.45) is 0 Å².